The number of primary amides is 1. The summed E-state index contributed by atoms with van der Waals surface area (Å²) >= 11 is 2.35. The van der Waals surface area contributed by atoms with Gasteiger partial charge in [-0.25, -0.2) is 14.2 Å². The monoisotopic (exact) mass is 406 g/mol. The number of thioether (sulfide) groups is 1. The molecule has 0 radical (unpaired) electrons. The van der Waals surface area contributed by atoms with Gasteiger partial charge < -0.3 is 10.7 Å². The number of nitrogens with two attached hydrogens (primary N) is 1. The number of H-pyrrole nitrogens is 1. The van der Waals surface area contributed by atoms with Gasteiger partial charge >= 0.3 is 6.03 Å². The van der Waals surface area contributed by atoms with E-state index in [-0.39, 0.29) is 16.5 Å². The Hall–Kier alpha value is -2.72. The lowest BCUT2D eigenvalue weighted by molar-refractivity contribution is -0.119. The maximum absolute atomic E-state index is 13.2. The van der Waals surface area contributed by atoms with Gasteiger partial charge in [0, 0.05) is 10.4 Å². The summed E-state index contributed by atoms with van der Waals surface area (Å²) in [6.07, 6.45) is 0. The number of aromatic amines is 1. The second-order valence-electron chi connectivity index (χ2n) is 5.70. The standard InChI is InChI=1S/C17H15FN4O3S2/c1-7-11(9-3-5-10(18)6-4-9)12-14(24)21-17(22-15(12)26-7)27-8(2)13(23)20-16(19)25/h3-6,8H,1-2H3,(H,21,22,24)(H3,19,20,23,25)/t8-/m0/s1. The zero-order valence-electron chi connectivity index (χ0n) is 14.3. The lowest BCUT2D eigenvalue weighted by Crippen LogP contribution is -2.39. The number of fused-ring (bicyclic) bond motifs is 1. The van der Waals surface area contributed by atoms with E-state index in [4.69, 9.17) is 5.73 Å². The molecule has 3 rings (SSSR count). The molecule has 10 heteroatoms. The van der Waals surface area contributed by atoms with Crippen molar-refractivity contribution in [3.63, 3.8) is 0 Å². The summed E-state index contributed by atoms with van der Waals surface area (Å²) in [4.78, 5) is 43.7. The van der Waals surface area contributed by atoms with Crippen LogP contribution < -0.4 is 16.6 Å². The van der Waals surface area contributed by atoms with Crippen LogP contribution in [0.2, 0.25) is 0 Å². The predicted octanol–water partition coefficient (Wildman–Crippen LogP) is 2.77. The molecule has 0 aliphatic carbocycles. The van der Waals surface area contributed by atoms with Crippen molar-refractivity contribution in [2.45, 2.75) is 24.3 Å². The van der Waals surface area contributed by atoms with E-state index in [0.29, 0.717) is 15.8 Å². The second-order valence-corrected chi connectivity index (χ2v) is 8.24. The molecule has 0 aliphatic rings. The highest BCUT2D eigenvalue weighted by atomic mass is 32.2. The number of hydrogen-bond acceptors (Lipinski definition) is 6. The summed E-state index contributed by atoms with van der Waals surface area (Å²) in [6.45, 7) is 3.43. The number of halogens is 1. The summed E-state index contributed by atoms with van der Waals surface area (Å²) < 4.78 is 13.2. The van der Waals surface area contributed by atoms with Crippen molar-refractivity contribution in [2.24, 2.45) is 5.73 Å². The number of urea groups is 1. The Labute approximate surface area is 161 Å². The average molecular weight is 406 g/mol. The molecule has 0 aliphatic heterocycles. The van der Waals surface area contributed by atoms with Crippen LogP contribution in [0.5, 0.6) is 0 Å². The molecule has 4 N–H and O–H groups in total. The molecule has 27 heavy (non-hydrogen) atoms. The maximum Gasteiger partial charge on any atom is 0.318 e. The number of amides is 3. The molecule has 0 saturated heterocycles. The van der Waals surface area contributed by atoms with Crippen LogP contribution in [0.1, 0.15) is 11.8 Å². The Balaban J connectivity index is 1.99. The van der Waals surface area contributed by atoms with Crippen molar-refractivity contribution in [1.29, 1.82) is 0 Å². The SMILES string of the molecule is Cc1sc2nc(S[C@@H](C)C(=O)NC(N)=O)[nH]c(=O)c2c1-c1ccc(F)cc1. The Morgan fingerprint density at radius 2 is 2.00 bits per heavy atom. The normalized spacial score (nSPS) is 12.1. The largest absolute Gasteiger partial charge is 0.351 e. The fourth-order valence-corrected chi connectivity index (χ4v) is 4.46. The van der Waals surface area contributed by atoms with Crippen LogP contribution in [0, 0.1) is 12.7 Å². The van der Waals surface area contributed by atoms with Gasteiger partial charge in [0.15, 0.2) is 5.16 Å². The Bertz CT molecular complexity index is 1090. The van der Waals surface area contributed by atoms with Crippen LogP contribution in [-0.2, 0) is 4.79 Å². The number of nitrogens with zero attached hydrogens (tertiary/aromatic N) is 1. The number of benzene rings is 1. The lowest BCUT2D eigenvalue weighted by atomic mass is 10.0. The van der Waals surface area contributed by atoms with Crippen LogP contribution in [0.3, 0.4) is 0 Å². The number of carbonyl (C=O) groups excluding carboxylic acids is 2. The minimum Gasteiger partial charge on any atom is -0.351 e. The van der Waals surface area contributed by atoms with Crippen molar-refractivity contribution >= 4 is 45.3 Å². The quantitative estimate of drug-likeness (QED) is 0.455. The first-order chi connectivity index (χ1) is 12.8. The maximum atomic E-state index is 13.2. The molecule has 0 bridgehead atoms. The third-order valence-corrected chi connectivity index (χ3v) is 5.74. The summed E-state index contributed by atoms with van der Waals surface area (Å²) in [5, 5.41) is 1.98. The highest BCUT2D eigenvalue weighted by molar-refractivity contribution is 8.00. The molecule has 0 unspecified atom stereocenters. The summed E-state index contributed by atoms with van der Waals surface area (Å²) in [7, 11) is 0. The van der Waals surface area contributed by atoms with Gasteiger partial charge in [0.05, 0.1) is 10.6 Å². The number of nitrogens with one attached hydrogen (secondary N) is 2. The van der Waals surface area contributed by atoms with Crippen LogP contribution in [-0.4, -0.2) is 27.2 Å². The highest BCUT2D eigenvalue weighted by Gasteiger charge is 2.20. The van der Waals surface area contributed by atoms with E-state index in [0.717, 1.165) is 22.2 Å². The minimum absolute atomic E-state index is 0.256. The molecular formula is C17H15FN4O3S2. The molecule has 1 atom stereocenters. The molecule has 0 saturated carbocycles. The molecule has 3 aromatic rings. The molecular weight excluding hydrogens is 391 g/mol. The molecule has 2 aromatic heterocycles. The summed E-state index contributed by atoms with van der Waals surface area (Å²) in [5.74, 6) is -0.936. The van der Waals surface area contributed by atoms with Crippen LogP contribution in [0.25, 0.3) is 21.3 Å². The van der Waals surface area contributed by atoms with Gasteiger partial charge in [-0.15, -0.1) is 11.3 Å². The van der Waals surface area contributed by atoms with E-state index in [1.807, 2.05) is 12.2 Å². The fraction of sp³-hybridized carbons (Fsp3) is 0.176. The zero-order chi connectivity index (χ0) is 19.7. The van der Waals surface area contributed by atoms with Crippen LogP contribution >= 0.6 is 23.1 Å². The minimum atomic E-state index is -0.942. The lowest BCUT2D eigenvalue weighted by Gasteiger charge is -2.09. The first-order valence-corrected chi connectivity index (χ1v) is 9.52. The van der Waals surface area contributed by atoms with E-state index in [9.17, 15) is 18.8 Å². The first-order valence-electron chi connectivity index (χ1n) is 7.82. The molecule has 0 spiro atoms. The van der Waals surface area contributed by atoms with E-state index in [2.05, 4.69) is 9.97 Å². The molecule has 2 heterocycles. The van der Waals surface area contributed by atoms with Gasteiger partial charge in [0.25, 0.3) is 5.56 Å². The van der Waals surface area contributed by atoms with E-state index in [1.54, 1.807) is 19.1 Å². The van der Waals surface area contributed by atoms with Crippen molar-refractivity contribution in [1.82, 2.24) is 15.3 Å². The second kappa shape index (κ2) is 7.49. The third-order valence-electron chi connectivity index (χ3n) is 3.75. The van der Waals surface area contributed by atoms with Crippen molar-refractivity contribution in [3.8, 4) is 11.1 Å². The van der Waals surface area contributed by atoms with Gasteiger partial charge in [0.2, 0.25) is 5.91 Å². The molecule has 3 amide bonds. The van der Waals surface area contributed by atoms with Gasteiger partial charge in [0.1, 0.15) is 10.6 Å². The summed E-state index contributed by atoms with van der Waals surface area (Å²) in [6, 6.07) is 4.96. The fourth-order valence-electron chi connectivity index (χ4n) is 2.56. The number of thiophene rings is 1. The van der Waals surface area contributed by atoms with Gasteiger partial charge in [-0.05, 0) is 31.5 Å². The predicted molar refractivity (Wildman–Crippen MR) is 103 cm³/mol. The van der Waals surface area contributed by atoms with Crippen molar-refractivity contribution < 1.29 is 14.0 Å². The molecule has 140 valence electrons. The number of rotatable bonds is 4. The third kappa shape index (κ3) is 4.01. The Kier molecular flexibility index (Phi) is 5.29. The number of aryl methyl sites for hydroxylation is 1. The van der Waals surface area contributed by atoms with Crippen molar-refractivity contribution in [3.05, 3.63) is 45.3 Å². The highest BCUT2D eigenvalue weighted by Crippen LogP contribution is 2.36. The van der Waals surface area contributed by atoms with Crippen LogP contribution in [0.4, 0.5) is 9.18 Å². The number of carbonyl (C=O) groups is 2. The summed E-state index contributed by atoms with van der Waals surface area (Å²) in [5.41, 5.74) is 6.01. The molecule has 1 aromatic carbocycles. The first kappa shape index (κ1) is 19.1. The van der Waals surface area contributed by atoms with Gasteiger partial charge in [-0.3, -0.25) is 14.9 Å². The molecule has 0 fully saturated rings. The molecule has 7 nitrogen and oxygen atoms in total. The topological polar surface area (TPSA) is 118 Å². The smallest absolute Gasteiger partial charge is 0.318 e. The van der Waals surface area contributed by atoms with Crippen molar-refractivity contribution in [2.75, 3.05) is 0 Å². The Morgan fingerprint density at radius 1 is 1.33 bits per heavy atom. The Morgan fingerprint density at radius 3 is 2.63 bits per heavy atom. The van der Waals surface area contributed by atoms with E-state index >= 15 is 0 Å². The van der Waals surface area contributed by atoms with Gasteiger partial charge in [-0.2, -0.15) is 0 Å². The van der Waals surface area contributed by atoms with Crippen LogP contribution in [0.15, 0.2) is 34.2 Å². The van der Waals surface area contributed by atoms with Gasteiger partial charge in [-0.1, -0.05) is 23.9 Å². The van der Waals surface area contributed by atoms with E-state index < -0.39 is 17.2 Å². The number of imide groups is 1. The van der Waals surface area contributed by atoms with E-state index in [1.165, 1.54) is 23.5 Å². The number of aromatic nitrogens is 2. The number of hydrogen-bond donors (Lipinski definition) is 3. The zero-order valence-corrected chi connectivity index (χ0v) is 16.0. The average Bonchev–Trinajstić information content (AvgIpc) is 2.91.